The van der Waals surface area contributed by atoms with Crippen LogP contribution in [0.15, 0.2) is 0 Å². The van der Waals surface area contributed by atoms with Gasteiger partial charge in [-0.3, -0.25) is 0 Å². The van der Waals surface area contributed by atoms with E-state index >= 15 is 0 Å². The Labute approximate surface area is 106 Å². The molecular weight excluding hydrogens is 208 g/mol. The molecule has 1 N–H and O–H groups in total. The Bertz CT molecular complexity index is 241. The molecule has 0 aromatic rings. The van der Waals surface area contributed by atoms with Gasteiger partial charge in [-0.15, -0.1) is 0 Å². The minimum Gasteiger partial charge on any atom is -0.314 e. The van der Waals surface area contributed by atoms with Crippen molar-refractivity contribution in [3.05, 3.63) is 0 Å². The number of piperidine rings is 1. The van der Waals surface area contributed by atoms with E-state index in [2.05, 4.69) is 17.1 Å². The molecule has 1 aliphatic heterocycles. The van der Waals surface area contributed by atoms with Gasteiger partial charge < -0.3 is 10.2 Å². The summed E-state index contributed by atoms with van der Waals surface area (Å²) >= 11 is 0. The standard InChI is InChI=1S/C15H28N2/c1-12-2-5-15(10-12)17-8-6-14(7-9-17)16-11-13-3-4-13/h12-16H,2-11H2,1H3. The number of likely N-dealkylation sites (tertiary alicyclic amines) is 1. The molecule has 3 aliphatic rings. The lowest BCUT2D eigenvalue weighted by atomic mass is 10.0. The van der Waals surface area contributed by atoms with Gasteiger partial charge in [0.25, 0.3) is 0 Å². The van der Waals surface area contributed by atoms with Crippen molar-refractivity contribution in [3.63, 3.8) is 0 Å². The van der Waals surface area contributed by atoms with Crippen LogP contribution in [0.2, 0.25) is 0 Å². The molecule has 1 saturated heterocycles. The lowest BCUT2D eigenvalue weighted by Gasteiger charge is -2.36. The number of nitrogens with one attached hydrogen (secondary N) is 1. The normalized spacial score (nSPS) is 36.5. The zero-order valence-electron chi connectivity index (χ0n) is 11.3. The van der Waals surface area contributed by atoms with Crippen molar-refractivity contribution in [1.29, 1.82) is 0 Å². The first-order valence-electron chi connectivity index (χ1n) is 7.78. The molecule has 2 nitrogen and oxygen atoms in total. The van der Waals surface area contributed by atoms with Crippen molar-refractivity contribution in [1.82, 2.24) is 10.2 Å². The number of hydrogen-bond acceptors (Lipinski definition) is 2. The zero-order valence-corrected chi connectivity index (χ0v) is 11.3. The molecule has 1 heterocycles. The van der Waals surface area contributed by atoms with Gasteiger partial charge in [0.15, 0.2) is 0 Å². The van der Waals surface area contributed by atoms with E-state index in [4.69, 9.17) is 0 Å². The second-order valence-corrected chi connectivity index (χ2v) is 6.73. The van der Waals surface area contributed by atoms with Gasteiger partial charge in [-0.05, 0) is 76.4 Å². The third-order valence-electron chi connectivity index (χ3n) is 5.11. The van der Waals surface area contributed by atoms with Crippen LogP contribution in [0.4, 0.5) is 0 Å². The van der Waals surface area contributed by atoms with Gasteiger partial charge in [0.2, 0.25) is 0 Å². The van der Waals surface area contributed by atoms with Gasteiger partial charge in [0, 0.05) is 12.1 Å². The van der Waals surface area contributed by atoms with Crippen LogP contribution in [0.5, 0.6) is 0 Å². The van der Waals surface area contributed by atoms with Crippen LogP contribution >= 0.6 is 0 Å². The van der Waals surface area contributed by atoms with E-state index in [1.165, 1.54) is 64.6 Å². The van der Waals surface area contributed by atoms with Crippen molar-refractivity contribution >= 4 is 0 Å². The van der Waals surface area contributed by atoms with E-state index in [-0.39, 0.29) is 0 Å². The predicted octanol–water partition coefficient (Wildman–Crippen LogP) is 2.64. The molecule has 0 spiro atoms. The van der Waals surface area contributed by atoms with Crippen molar-refractivity contribution in [2.45, 2.75) is 64.0 Å². The maximum absolute atomic E-state index is 3.78. The van der Waals surface area contributed by atoms with Crippen LogP contribution in [0, 0.1) is 11.8 Å². The summed E-state index contributed by atoms with van der Waals surface area (Å²) in [5.74, 6) is 2.01. The van der Waals surface area contributed by atoms with E-state index in [0.717, 1.165) is 23.9 Å². The molecule has 0 aromatic heterocycles. The van der Waals surface area contributed by atoms with Crippen molar-refractivity contribution in [2.75, 3.05) is 19.6 Å². The van der Waals surface area contributed by atoms with Crippen LogP contribution in [-0.2, 0) is 0 Å². The number of nitrogens with zero attached hydrogens (tertiary/aromatic N) is 1. The maximum atomic E-state index is 3.78. The summed E-state index contributed by atoms with van der Waals surface area (Å²) in [5.41, 5.74) is 0. The molecule has 3 rings (SSSR count). The van der Waals surface area contributed by atoms with E-state index < -0.39 is 0 Å². The molecule has 0 bridgehead atoms. The lowest BCUT2D eigenvalue weighted by molar-refractivity contribution is 0.142. The minimum atomic E-state index is 0.825. The quantitative estimate of drug-likeness (QED) is 0.807. The SMILES string of the molecule is CC1CCC(N2CCC(NCC3CC3)CC2)C1. The van der Waals surface area contributed by atoms with Gasteiger partial charge >= 0.3 is 0 Å². The molecule has 3 fully saturated rings. The second kappa shape index (κ2) is 5.27. The molecule has 0 amide bonds. The van der Waals surface area contributed by atoms with Crippen LogP contribution < -0.4 is 5.32 Å². The van der Waals surface area contributed by atoms with Gasteiger partial charge in [0.05, 0.1) is 0 Å². The molecule has 2 heteroatoms. The third kappa shape index (κ3) is 3.23. The van der Waals surface area contributed by atoms with Crippen LogP contribution in [0.25, 0.3) is 0 Å². The molecule has 2 unspecified atom stereocenters. The summed E-state index contributed by atoms with van der Waals surface area (Å²) in [4.78, 5) is 2.78. The Morgan fingerprint density at radius 1 is 1.00 bits per heavy atom. The number of rotatable bonds is 4. The third-order valence-corrected chi connectivity index (χ3v) is 5.11. The van der Waals surface area contributed by atoms with Gasteiger partial charge in [-0.2, -0.15) is 0 Å². The molecule has 2 saturated carbocycles. The summed E-state index contributed by atoms with van der Waals surface area (Å²) in [6, 6.07) is 1.75. The van der Waals surface area contributed by atoms with Crippen molar-refractivity contribution in [2.24, 2.45) is 11.8 Å². The highest BCUT2D eigenvalue weighted by Gasteiger charge is 2.30. The summed E-state index contributed by atoms with van der Waals surface area (Å²) in [6.45, 7) is 6.41. The molecular formula is C15H28N2. The second-order valence-electron chi connectivity index (χ2n) is 6.73. The molecule has 2 atom stereocenters. The molecule has 98 valence electrons. The highest BCUT2D eigenvalue weighted by Crippen LogP contribution is 2.31. The Morgan fingerprint density at radius 2 is 1.76 bits per heavy atom. The first kappa shape index (κ1) is 12.0. The first-order valence-corrected chi connectivity index (χ1v) is 7.78. The Morgan fingerprint density at radius 3 is 2.35 bits per heavy atom. The van der Waals surface area contributed by atoms with Crippen LogP contribution in [0.1, 0.15) is 51.9 Å². The van der Waals surface area contributed by atoms with Gasteiger partial charge in [-0.25, -0.2) is 0 Å². The van der Waals surface area contributed by atoms with Crippen molar-refractivity contribution < 1.29 is 0 Å². The maximum Gasteiger partial charge on any atom is 0.00979 e. The lowest BCUT2D eigenvalue weighted by Crippen LogP contribution is -2.46. The fourth-order valence-electron chi connectivity index (χ4n) is 3.63. The van der Waals surface area contributed by atoms with E-state index in [1.54, 1.807) is 0 Å². The topological polar surface area (TPSA) is 15.3 Å². The van der Waals surface area contributed by atoms with E-state index in [0.29, 0.717) is 0 Å². The summed E-state index contributed by atoms with van der Waals surface area (Å²) < 4.78 is 0. The highest BCUT2D eigenvalue weighted by atomic mass is 15.2. The fraction of sp³-hybridized carbons (Fsp3) is 1.00. The first-order chi connectivity index (χ1) is 8.31. The Hall–Kier alpha value is -0.0800. The van der Waals surface area contributed by atoms with Gasteiger partial charge in [-0.1, -0.05) is 6.92 Å². The monoisotopic (exact) mass is 236 g/mol. The van der Waals surface area contributed by atoms with Gasteiger partial charge in [0.1, 0.15) is 0 Å². The average Bonchev–Trinajstić information content (AvgIpc) is 3.09. The molecule has 17 heavy (non-hydrogen) atoms. The Balaban J connectivity index is 1.37. The average molecular weight is 236 g/mol. The Kier molecular flexibility index (Phi) is 3.72. The fourth-order valence-corrected chi connectivity index (χ4v) is 3.63. The minimum absolute atomic E-state index is 0.825. The van der Waals surface area contributed by atoms with Crippen LogP contribution in [-0.4, -0.2) is 36.6 Å². The number of hydrogen-bond donors (Lipinski definition) is 1. The largest absolute Gasteiger partial charge is 0.314 e. The smallest absolute Gasteiger partial charge is 0.00979 e. The van der Waals surface area contributed by atoms with Crippen molar-refractivity contribution in [3.8, 4) is 0 Å². The summed E-state index contributed by atoms with van der Waals surface area (Å²) in [5, 5.41) is 3.78. The molecule has 2 aliphatic carbocycles. The molecule has 0 aromatic carbocycles. The van der Waals surface area contributed by atoms with E-state index in [1.807, 2.05) is 0 Å². The summed E-state index contributed by atoms with van der Waals surface area (Å²) in [7, 11) is 0. The summed E-state index contributed by atoms with van der Waals surface area (Å²) in [6.07, 6.45) is 10.1. The van der Waals surface area contributed by atoms with E-state index in [9.17, 15) is 0 Å². The predicted molar refractivity (Wildman–Crippen MR) is 72.1 cm³/mol. The van der Waals surface area contributed by atoms with Crippen LogP contribution in [0.3, 0.4) is 0 Å². The zero-order chi connectivity index (χ0) is 11.7. The highest BCUT2D eigenvalue weighted by molar-refractivity contribution is 4.87. The molecule has 0 radical (unpaired) electrons.